The minimum atomic E-state index is -3.84. The molecule has 0 aliphatic carbocycles. The highest BCUT2D eigenvalue weighted by Gasteiger charge is 2.27. The lowest BCUT2D eigenvalue weighted by Crippen LogP contribution is -2.44. The van der Waals surface area contributed by atoms with Crippen LogP contribution in [0.1, 0.15) is 31.2 Å². The number of hydrogen-bond donors (Lipinski definition) is 2. The van der Waals surface area contributed by atoms with Gasteiger partial charge >= 0.3 is 5.97 Å². The highest BCUT2D eigenvalue weighted by molar-refractivity contribution is 7.88. The minimum absolute atomic E-state index is 0.0430. The number of sulfonamides is 1. The molecular weight excluding hydrogens is 372 g/mol. The van der Waals surface area contributed by atoms with Crippen molar-refractivity contribution in [2.45, 2.75) is 43.5 Å². The molecule has 0 radical (unpaired) electrons. The first-order valence-corrected chi connectivity index (χ1v) is 10.5. The number of amides is 1. The monoisotopic (exact) mass is 398 g/mol. The van der Waals surface area contributed by atoms with Gasteiger partial charge in [0.05, 0.1) is 5.75 Å². The van der Waals surface area contributed by atoms with Crippen LogP contribution in [0.3, 0.4) is 0 Å². The maximum absolute atomic E-state index is 12.3. The number of rotatable bonds is 9. The second-order valence-electron chi connectivity index (χ2n) is 6.64. The number of ether oxygens (including phenoxy) is 1. The Labute approximate surface area is 159 Å². The Hall–Kier alpha value is -1.97. The van der Waals surface area contributed by atoms with Crippen LogP contribution in [0.4, 0.5) is 0 Å². The van der Waals surface area contributed by atoms with Crippen molar-refractivity contribution in [2.75, 3.05) is 20.3 Å². The Kier molecular flexibility index (Phi) is 7.76. The summed E-state index contributed by atoms with van der Waals surface area (Å²) in [6.45, 7) is 1.19. The summed E-state index contributed by atoms with van der Waals surface area (Å²) in [5, 5.41) is 9.33. The van der Waals surface area contributed by atoms with Gasteiger partial charge in [-0.25, -0.2) is 13.1 Å². The van der Waals surface area contributed by atoms with Gasteiger partial charge in [0, 0.05) is 32.7 Å². The van der Waals surface area contributed by atoms with Crippen molar-refractivity contribution in [2.24, 2.45) is 0 Å². The van der Waals surface area contributed by atoms with Crippen LogP contribution in [0.15, 0.2) is 30.3 Å². The largest absolute Gasteiger partial charge is 0.480 e. The minimum Gasteiger partial charge on any atom is -0.480 e. The summed E-state index contributed by atoms with van der Waals surface area (Å²) in [6, 6.07) is 7.23. The van der Waals surface area contributed by atoms with Gasteiger partial charge in [0.2, 0.25) is 15.9 Å². The average Bonchev–Trinajstić information content (AvgIpc) is 2.65. The van der Waals surface area contributed by atoms with Crippen molar-refractivity contribution in [3.63, 3.8) is 0 Å². The zero-order valence-electron chi connectivity index (χ0n) is 15.3. The number of hydrogen-bond acceptors (Lipinski definition) is 5. The predicted octanol–water partition coefficient (Wildman–Crippen LogP) is 0.977. The van der Waals surface area contributed by atoms with Gasteiger partial charge in [-0.05, 0) is 24.8 Å². The molecule has 1 amide bonds. The summed E-state index contributed by atoms with van der Waals surface area (Å²) in [5.74, 6) is -1.81. The molecule has 1 atom stereocenters. The molecule has 9 heteroatoms. The summed E-state index contributed by atoms with van der Waals surface area (Å²) in [7, 11) is -2.15. The van der Waals surface area contributed by atoms with E-state index in [1.54, 1.807) is 42.3 Å². The Morgan fingerprint density at radius 1 is 1.26 bits per heavy atom. The Morgan fingerprint density at radius 3 is 2.48 bits per heavy atom. The Bertz CT molecular complexity index is 731. The molecule has 0 spiro atoms. The fourth-order valence-electron chi connectivity index (χ4n) is 3.01. The van der Waals surface area contributed by atoms with E-state index in [-0.39, 0.29) is 30.5 Å². The zero-order valence-corrected chi connectivity index (χ0v) is 16.2. The molecule has 8 nitrogen and oxygen atoms in total. The van der Waals surface area contributed by atoms with Crippen LogP contribution in [0.25, 0.3) is 0 Å². The van der Waals surface area contributed by atoms with E-state index in [0.29, 0.717) is 18.8 Å². The van der Waals surface area contributed by atoms with Gasteiger partial charge < -0.3 is 14.7 Å². The highest BCUT2D eigenvalue weighted by Crippen LogP contribution is 2.15. The second-order valence-corrected chi connectivity index (χ2v) is 8.39. The van der Waals surface area contributed by atoms with E-state index >= 15 is 0 Å². The lowest BCUT2D eigenvalue weighted by Gasteiger charge is -2.31. The van der Waals surface area contributed by atoms with Crippen LogP contribution in [0.5, 0.6) is 0 Å². The van der Waals surface area contributed by atoms with Crippen LogP contribution in [0, 0.1) is 0 Å². The number of aliphatic carboxylic acids is 1. The van der Waals surface area contributed by atoms with E-state index < -0.39 is 22.0 Å². The highest BCUT2D eigenvalue weighted by atomic mass is 32.2. The number of carbonyl (C=O) groups excluding carboxylic acids is 1. The molecule has 1 aromatic carbocycles. The van der Waals surface area contributed by atoms with Gasteiger partial charge in [0.15, 0.2) is 0 Å². The molecule has 0 aromatic heterocycles. The summed E-state index contributed by atoms with van der Waals surface area (Å²) in [4.78, 5) is 25.4. The van der Waals surface area contributed by atoms with E-state index in [0.717, 1.165) is 12.8 Å². The fourth-order valence-corrected chi connectivity index (χ4v) is 4.37. The molecule has 27 heavy (non-hydrogen) atoms. The van der Waals surface area contributed by atoms with Gasteiger partial charge in [-0.1, -0.05) is 30.3 Å². The molecular formula is C18H26N2O6S. The van der Waals surface area contributed by atoms with Crippen molar-refractivity contribution in [1.29, 1.82) is 0 Å². The van der Waals surface area contributed by atoms with Crippen LogP contribution >= 0.6 is 0 Å². The third-order valence-electron chi connectivity index (χ3n) is 4.60. The Morgan fingerprint density at radius 2 is 1.89 bits per heavy atom. The first-order valence-electron chi connectivity index (χ1n) is 8.88. The van der Waals surface area contributed by atoms with E-state index in [1.165, 1.54) is 0 Å². The molecule has 2 rings (SSSR count). The molecule has 0 bridgehead atoms. The molecule has 1 aliphatic heterocycles. The number of carboxylic acids is 1. The van der Waals surface area contributed by atoms with Crippen molar-refractivity contribution in [3.8, 4) is 0 Å². The van der Waals surface area contributed by atoms with Crippen molar-refractivity contribution in [3.05, 3.63) is 35.9 Å². The average molecular weight is 398 g/mol. The molecule has 1 heterocycles. The van der Waals surface area contributed by atoms with Crippen LogP contribution in [-0.4, -0.2) is 62.6 Å². The van der Waals surface area contributed by atoms with Gasteiger partial charge in [-0.2, -0.15) is 0 Å². The normalized spacial score (nSPS) is 16.6. The number of carbonyl (C=O) groups is 2. The number of benzene rings is 1. The lowest BCUT2D eigenvalue weighted by atomic mass is 10.1. The number of carboxylic acid groups (broad SMARTS) is 1. The van der Waals surface area contributed by atoms with Crippen molar-refractivity contribution in [1.82, 2.24) is 9.62 Å². The summed E-state index contributed by atoms with van der Waals surface area (Å²) in [6.07, 6.45) is 1.34. The number of nitrogens with one attached hydrogen (secondary N) is 1. The topological polar surface area (TPSA) is 113 Å². The quantitative estimate of drug-likeness (QED) is 0.641. The third-order valence-corrected chi connectivity index (χ3v) is 5.96. The molecule has 0 unspecified atom stereocenters. The standard InChI is InChI=1S/C18H26N2O6S/c1-20(15-9-11-26-12-10-15)17(21)8-7-16(18(22)23)19-27(24,25)13-14-5-3-2-4-6-14/h2-6,15-16,19H,7-13H2,1H3,(H,22,23)/t16-/m1/s1. The molecule has 1 aliphatic rings. The molecule has 1 aromatic rings. The summed E-state index contributed by atoms with van der Waals surface area (Å²) < 4.78 is 32.0. The van der Waals surface area contributed by atoms with Gasteiger partial charge in [-0.15, -0.1) is 0 Å². The predicted molar refractivity (Wildman–Crippen MR) is 99.5 cm³/mol. The van der Waals surface area contributed by atoms with E-state index in [2.05, 4.69) is 4.72 Å². The molecule has 0 saturated carbocycles. The second kappa shape index (κ2) is 9.82. The van der Waals surface area contributed by atoms with Gasteiger partial charge in [0.1, 0.15) is 6.04 Å². The van der Waals surface area contributed by atoms with Crippen LogP contribution < -0.4 is 4.72 Å². The SMILES string of the molecule is CN(C(=O)CC[C@@H](NS(=O)(=O)Cc1ccccc1)C(=O)O)C1CCOCC1. The van der Waals surface area contributed by atoms with Gasteiger partial charge in [0.25, 0.3) is 0 Å². The molecule has 150 valence electrons. The van der Waals surface area contributed by atoms with Crippen molar-refractivity contribution < 1.29 is 27.9 Å². The third kappa shape index (κ3) is 6.93. The molecule has 1 saturated heterocycles. The fraction of sp³-hybridized carbons (Fsp3) is 0.556. The van der Waals surface area contributed by atoms with Crippen molar-refractivity contribution >= 4 is 21.9 Å². The van der Waals surface area contributed by atoms with Crippen LogP contribution in [-0.2, 0) is 30.1 Å². The molecule has 1 fully saturated rings. The number of nitrogens with zero attached hydrogens (tertiary/aromatic N) is 1. The van der Waals surface area contributed by atoms with E-state index in [9.17, 15) is 23.1 Å². The zero-order chi connectivity index (χ0) is 19.9. The first kappa shape index (κ1) is 21.3. The first-order chi connectivity index (χ1) is 12.8. The summed E-state index contributed by atoms with van der Waals surface area (Å²) in [5.41, 5.74) is 0.560. The smallest absolute Gasteiger partial charge is 0.321 e. The molecule has 2 N–H and O–H groups in total. The van der Waals surface area contributed by atoms with E-state index in [1.807, 2.05) is 0 Å². The maximum Gasteiger partial charge on any atom is 0.321 e. The van der Waals surface area contributed by atoms with E-state index in [4.69, 9.17) is 4.74 Å². The van der Waals surface area contributed by atoms with Crippen LogP contribution in [0.2, 0.25) is 0 Å². The Balaban J connectivity index is 1.90. The lowest BCUT2D eigenvalue weighted by molar-refractivity contribution is -0.139. The van der Waals surface area contributed by atoms with Gasteiger partial charge in [-0.3, -0.25) is 9.59 Å². The maximum atomic E-state index is 12.3. The summed E-state index contributed by atoms with van der Waals surface area (Å²) >= 11 is 0.